The zero-order valence-corrected chi connectivity index (χ0v) is 11.5. The van der Waals surface area contributed by atoms with Crippen LogP contribution in [0.1, 0.15) is 6.42 Å². The van der Waals surface area contributed by atoms with Gasteiger partial charge in [0.15, 0.2) is 0 Å². The maximum atomic E-state index is 11.9. The summed E-state index contributed by atoms with van der Waals surface area (Å²) in [6, 6.07) is 0. The molecule has 1 amide bonds. The number of amides is 1. The Kier molecular flexibility index (Phi) is 5.29. The molecule has 19 heavy (non-hydrogen) atoms. The fraction of sp³-hybridized carbons (Fsp3) is 0.750. The second-order valence-electron chi connectivity index (χ2n) is 4.88. The third kappa shape index (κ3) is 4.60. The summed E-state index contributed by atoms with van der Waals surface area (Å²) < 4.78 is 1.80. The molecule has 1 aromatic rings. The van der Waals surface area contributed by atoms with Gasteiger partial charge >= 0.3 is 0 Å². The first kappa shape index (κ1) is 14.0. The molecule has 0 aliphatic carbocycles. The second kappa shape index (κ2) is 7.20. The molecule has 1 N–H and O–H groups in total. The van der Waals surface area contributed by atoms with E-state index < -0.39 is 0 Å². The summed E-state index contributed by atoms with van der Waals surface area (Å²) in [4.78, 5) is 16.1. The number of likely N-dealkylation sites (N-methyl/N-ethyl adjacent to an activating group) is 1. The van der Waals surface area contributed by atoms with Gasteiger partial charge in [-0.1, -0.05) is 5.21 Å². The number of aromatic nitrogens is 3. The molecule has 0 spiro atoms. The lowest BCUT2D eigenvalue weighted by Gasteiger charge is -2.32. The molecule has 1 fully saturated rings. The summed E-state index contributed by atoms with van der Waals surface area (Å²) in [6.45, 7) is 5.71. The van der Waals surface area contributed by atoms with Gasteiger partial charge in [0.2, 0.25) is 5.91 Å². The van der Waals surface area contributed by atoms with Crippen LogP contribution in [-0.2, 0) is 11.3 Å². The highest BCUT2D eigenvalue weighted by molar-refractivity contribution is 5.78. The summed E-state index contributed by atoms with van der Waals surface area (Å²) in [6.07, 6.45) is 4.46. The van der Waals surface area contributed by atoms with Crippen molar-refractivity contribution in [1.29, 1.82) is 0 Å². The Morgan fingerprint density at radius 1 is 1.32 bits per heavy atom. The van der Waals surface area contributed by atoms with E-state index in [9.17, 15) is 4.79 Å². The molecule has 0 saturated carbocycles. The molecular formula is C12H22N6O. The van der Waals surface area contributed by atoms with Crippen molar-refractivity contribution in [2.24, 2.45) is 0 Å². The van der Waals surface area contributed by atoms with E-state index in [0.717, 1.165) is 45.7 Å². The highest BCUT2D eigenvalue weighted by Gasteiger charge is 2.17. The zero-order valence-electron chi connectivity index (χ0n) is 11.5. The third-order valence-corrected chi connectivity index (χ3v) is 3.34. The lowest BCUT2D eigenvalue weighted by Crippen LogP contribution is -2.49. The summed E-state index contributed by atoms with van der Waals surface area (Å²) in [5, 5.41) is 10.8. The molecule has 1 aromatic heterocycles. The number of piperazine rings is 1. The van der Waals surface area contributed by atoms with Crippen molar-refractivity contribution >= 4 is 5.91 Å². The quantitative estimate of drug-likeness (QED) is 0.671. The van der Waals surface area contributed by atoms with Crippen LogP contribution >= 0.6 is 0 Å². The van der Waals surface area contributed by atoms with E-state index in [0.29, 0.717) is 6.54 Å². The Bertz CT molecular complexity index is 372. The molecule has 0 bridgehead atoms. The van der Waals surface area contributed by atoms with Crippen molar-refractivity contribution in [3.63, 3.8) is 0 Å². The van der Waals surface area contributed by atoms with Crippen LogP contribution in [0.15, 0.2) is 12.4 Å². The number of nitrogens with one attached hydrogen (secondary N) is 1. The first-order valence-corrected chi connectivity index (χ1v) is 6.77. The van der Waals surface area contributed by atoms with Gasteiger partial charge in [-0.3, -0.25) is 9.48 Å². The predicted molar refractivity (Wildman–Crippen MR) is 71.6 cm³/mol. The fourth-order valence-electron chi connectivity index (χ4n) is 2.08. The Morgan fingerprint density at radius 2 is 2.11 bits per heavy atom. The lowest BCUT2D eigenvalue weighted by atomic mass is 10.3. The van der Waals surface area contributed by atoms with Crippen molar-refractivity contribution in [3.05, 3.63) is 12.4 Å². The number of nitrogens with zero attached hydrogens (tertiary/aromatic N) is 5. The minimum atomic E-state index is 0.203. The van der Waals surface area contributed by atoms with Crippen LogP contribution in [0.25, 0.3) is 0 Å². The van der Waals surface area contributed by atoms with E-state index >= 15 is 0 Å². The minimum Gasteiger partial charge on any atom is -0.339 e. The Hall–Kier alpha value is -1.47. The van der Waals surface area contributed by atoms with E-state index in [2.05, 4.69) is 27.6 Å². The lowest BCUT2D eigenvalue weighted by molar-refractivity contribution is -0.131. The van der Waals surface area contributed by atoms with Gasteiger partial charge in [-0.2, -0.15) is 0 Å². The molecule has 7 nitrogen and oxygen atoms in total. The van der Waals surface area contributed by atoms with Gasteiger partial charge in [0.25, 0.3) is 0 Å². The molecule has 2 heterocycles. The smallest absolute Gasteiger partial charge is 0.236 e. The van der Waals surface area contributed by atoms with Crippen molar-refractivity contribution in [2.75, 3.05) is 46.3 Å². The molecule has 0 atom stereocenters. The molecule has 106 valence electrons. The normalized spacial score (nSPS) is 16.8. The SMILES string of the molecule is CN1CCN(C(=O)CNCCCn2ccnn2)CC1. The fourth-order valence-corrected chi connectivity index (χ4v) is 2.08. The standard InChI is InChI=1S/C12H22N6O/c1-16-7-9-17(10-8-16)12(19)11-13-3-2-5-18-6-4-14-15-18/h4,6,13H,2-3,5,7-11H2,1H3. The van der Waals surface area contributed by atoms with E-state index in [-0.39, 0.29) is 5.91 Å². The number of rotatable bonds is 6. The topological polar surface area (TPSA) is 66.3 Å². The monoisotopic (exact) mass is 266 g/mol. The maximum absolute atomic E-state index is 11.9. The van der Waals surface area contributed by atoms with Gasteiger partial charge in [0, 0.05) is 38.9 Å². The summed E-state index contributed by atoms with van der Waals surface area (Å²) in [5.41, 5.74) is 0. The highest BCUT2D eigenvalue weighted by atomic mass is 16.2. The van der Waals surface area contributed by atoms with E-state index in [1.807, 2.05) is 11.1 Å². The van der Waals surface area contributed by atoms with Crippen molar-refractivity contribution in [3.8, 4) is 0 Å². The average Bonchev–Trinajstić information content (AvgIpc) is 2.92. The van der Waals surface area contributed by atoms with Crippen molar-refractivity contribution in [1.82, 2.24) is 30.1 Å². The number of carbonyl (C=O) groups excluding carboxylic acids is 1. The van der Waals surface area contributed by atoms with E-state index in [4.69, 9.17) is 0 Å². The number of aryl methyl sites for hydroxylation is 1. The third-order valence-electron chi connectivity index (χ3n) is 3.34. The molecule has 7 heteroatoms. The number of hydrogen-bond acceptors (Lipinski definition) is 5. The number of carbonyl (C=O) groups is 1. The van der Waals surface area contributed by atoms with Gasteiger partial charge in [0.05, 0.1) is 12.7 Å². The molecule has 0 radical (unpaired) electrons. The Labute approximate surface area is 113 Å². The van der Waals surface area contributed by atoms with E-state index in [1.165, 1.54) is 0 Å². The minimum absolute atomic E-state index is 0.203. The summed E-state index contributed by atoms with van der Waals surface area (Å²) in [7, 11) is 2.09. The summed E-state index contributed by atoms with van der Waals surface area (Å²) >= 11 is 0. The molecule has 0 unspecified atom stereocenters. The first-order valence-electron chi connectivity index (χ1n) is 6.77. The first-order chi connectivity index (χ1) is 9.25. The van der Waals surface area contributed by atoms with Gasteiger partial charge in [-0.25, -0.2) is 0 Å². The molecule has 1 aliphatic heterocycles. The van der Waals surface area contributed by atoms with E-state index in [1.54, 1.807) is 10.9 Å². The molecule has 2 rings (SSSR count). The van der Waals surface area contributed by atoms with Crippen LogP contribution in [-0.4, -0.2) is 77.0 Å². The van der Waals surface area contributed by atoms with Gasteiger partial charge < -0.3 is 15.1 Å². The molecule has 1 aliphatic rings. The Morgan fingerprint density at radius 3 is 2.79 bits per heavy atom. The van der Waals surface area contributed by atoms with Crippen LogP contribution in [0.5, 0.6) is 0 Å². The van der Waals surface area contributed by atoms with Crippen LogP contribution in [0, 0.1) is 0 Å². The largest absolute Gasteiger partial charge is 0.339 e. The van der Waals surface area contributed by atoms with Crippen molar-refractivity contribution in [2.45, 2.75) is 13.0 Å². The van der Waals surface area contributed by atoms with Gasteiger partial charge in [-0.05, 0) is 20.0 Å². The van der Waals surface area contributed by atoms with Crippen molar-refractivity contribution < 1.29 is 4.79 Å². The zero-order chi connectivity index (χ0) is 13.5. The van der Waals surface area contributed by atoms with Crippen LogP contribution < -0.4 is 5.32 Å². The predicted octanol–water partition coefficient (Wildman–Crippen LogP) is -0.968. The van der Waals surface area contributed by atoms with Gasteiger partial charge in [-0.15, -0.1) is 5.10 Å². The Balaban J connectivity index is 1.54. The second-order valence-corrected chi connectivity index (χ2v) is 4.88. The molecule has 1 saturated heterocycles. The molecule has 0 aromatic carbocycles. The van der Waals surface area contributed by atoms with Crippen LogP contribution in [0.3, 0.4) is 0 Å². The molecular weight excluding hydrogens is 244 g/mol. The highest BCUT2D eigenvalue weighted by Crippen LogP contribution is 1.98. The van der Waals surface area contributed by atoms with Crippen LogP contribution in [0.4, 0.5) is 0 Å². The van der Waals surface area contributed by atoms with Crippen LogP contribution in [0.2, 0.25) is 0 Å². The average molecular weight is 266 g/mol. The summed E-state index contributed by atoms with van der Waals surface area (Å²) in [5.74, 6) is 0.203. The van der Waals surface area contributed by atoms with Gasteiger partial charge in [0.1, 0.15) is 0 Å². The number of hydrogen-bond donors (Lipinski definition) is 1. The maximum Gasteiger partial charge on any atom is 0.236 e.